The molecule has 1 N–H and O–H groups in total. The largest absolute Gasteiger partial charge is 0.493 e. The zero-order chi connectivity index (χ0) is 25.8. The molecule has 184 valence electrons. The summed E-state index contributed by atoms with van der Waals surface area (Å²) in [6, 6.07) is 17.7. The van der Waals surface area contributed by atoms with Crippen molar-refractivity contribution >= 4 is 23.1 Å². The van der Waals surface area contributed by atoms with Crippen LogP contribution in [0.4, 0.5) is 5.69 Å². The third-order valence-electron chi connectivity index (χ3n) is 6.63. The van der Waals surface area contributed by atoms with E-state index in [4.69, 9.17) is 14.5 Å². The summed E-state index contributed by atoms with van der Waals surface area (Å²) >= 11 is 0. The standard InChI is InChI=1S/C30H30N2O4/c1-17(33)31-21-12-8-10-19(14-21)18-9-7-11-20(13-18)26-25-22(28(34)30(4,5)32-26)15-24(35-6)27-23(25)16-29(2,3)36-27/h7-15H,16H2,1-6H3,(H,31,33). The highest BCUT2D eigenvalue weighted by Crippen LogP contribution is 2.48. The first-order valence-corrected chi connectivity index (χ1v) is 12.1. The molecule has 0 radical (unpaired) electrons. The van der Waals surface area contributed by atoms with Gasteiger partial charge in [0, 0.05) is 41.3 Å². The third kappa shape index (κ3) is 4.06. The minimum Gasteiger partial charge on any atom is -0.493 e. The maximum Gasteiger partial charge on any atom is 0.221 e. The molecule has 0 spiro atoms. The Hall–Kier alpha value is -3.93. The van der Waals surface area contributed by atoms with Crippen LogP contribution < -0.4 is 14.8 Å². The Morgan fingerprint density at radius 1 is 1.00 bits per heavy atom. The number of methoxy groups -OCH3 is 1. The Balaban J connectivity index is 1.69. The van der Waals surface area contributed by atoms with E-state index in [1.165, 1.54) is 6.92 Å². The molecule has 2 aliphatic rings. The molecule has 0 aliphatic carbocycles. The number of fused-ring (bicyclic) bond motifs is 3. The van der Waals surface area contributed by atoms with Crippen molar-refractivity contribution in [3.05, 3.63) is 76.9 Å². The third-order valence-corrected chi connectivity index (χ3v) is 6.63. The number of carbonyl (C=O) groups is 2. The molecule has 6 heteroatoms. The number of ether oxygens (including phenoxy) is 2. The normalized spacial score (nSPS) is 16.9. The maximum atomic E-state index is 13.5. The summed E-state index contributed by atoms with van der Waals surface area (Å²) in [7, 11) is 1.60. The van der Waals surface area contributed by atoms with E-state index in [1.807, 2.05) is 70.2 Å². The van der Waals surface area contributed by atoms with Gasteiger partial charge >= 0.3 is 0 Å². The summed E-state index contributed by atoms with van der Waals surface area (Å²) < 4.78 is 11.9. The van der Waals surface area contributed by atoms with E-state index in [-0.39, 0.29) is 11.7 Å². The van der Waals surface area contributed by atoms with Crippen LogP contribution in [0.3, 0.4) is 0 Å². The van der Waals surface area contributed by atoms with E-state index in [0.29, 0.717) is 23.5 Å². The fourth-order valence-electron chi connectivity index (χ4n) is 5.06. The van der Waals surface area contributed by atoms with Crippen molar-refractivity contribution in [2.45, 2.75) is 52.2 Å². The summed E-state index contributed by atoms with van der Waals surface area (Å²) in [5.41, 5.74) is 5.43. The number of ketones is 1. The first kappa shape index (κ1) is 23.8. The van der Waals surface area contributed by atoms with Crippen LogP contribution in [0.2, 0.25) is 0 Å². The molecule has 0 unspecified atom stereocenters. The van der Waals surface area contributed by atoms with Crippen LogP contribution in [0, 0.1) is 0 Å². The average molecular weight is 483 g/mol. The monoisotopic (exact) mass is 482 g/mol. The molecule has 0 saturated heterocycles. The van der Waals surface area contributed by atoms with E-state index in [9.17, 15) is 9.59 Å². The lowest BCUT2D eigenvalue weighted by atomic mass is 9.80. The van der Waals surface area contributed by atoms with Gasteiger partial charge < -0.3 is 14.8 Å². The zero-order valence-electron chi connectivity index (χ0n) is 21.5. The molecular formula is C30H30N2O4. The Labute approximate surface area is 211 Å². The molecule has 3 aromatic rings. The van der Waals surface area contributed by atoms with Crippen molar-refractivity contribution < 1.29 is 19.1 Å². The van der Waals surface area contributed by atoms with Crippen molar-refractivity contribution in [3.8, 4) is 22.6 Å². The van der Waals surface area contributed by atoms with Crippen molar-refractivity contribution in [2.24, 2.45) is 4.99 Å². The molecule has 2 heterocycles. The van der Waals surface area contributed by atoms with E-state index in [1.54, 1.807) is 13.2 Å². The lowest BCUT2D eigenvalue weighted by molar-refractivity contribution is -0.114. The van der Waals surface area contributed by atoms with E-state index >= 15 is 0 Å². The first-order chi connectivity index (χ1) is 17.0. The zero-order valence-corrected chi connectivity index (χ0v) is 21.5. The second-order valence-electron chi connectivity index (χ2n) is 10.5. The number of hydrogen-bond donors (Lipinski definition) is 1. The van der Waals surface area contributed by atoms with Crippen LogP contribution in [0.1, 0.15) is 61.7 Å². The lowest BCUT2D eigenvalue weighted by Crippen LogP contribution is -2.37. The molecule has 0 aromatic heterocycles. The van der Waals surface area contributed by atoms with E-state index in [2.05, 4.69) is 11.4 Å². The number of nitrogens with zero attached hydrogens (tertiary/aromatic N) is 1. The average Bonchev–Trinajstić information content (AvgIpc) is 3.15. The molecule has 6 nitrogen and oxygen atoms in total. The van der Waals surface area contributed by atoms with Crippen LogP contribution in [0.5, 0.6) is 11.5 Å². The second kappa shape index (κ2) is 8.33. The molecule has 0 atom stereocenters. The Bertz CT molecular complexity index is 1450. The summed E-state index contributed by atoms with van der Waals surface area (Å²) in [5, 5.41) is 2.84. The van der Waals surface area contributed by atoms with Crippen molar-refractivity contribution in [1.82, 2.24) is 0 Å². The van der Waals surface area contributed by atoms with Gasteiger partial charge in [-0.05, 0) is 63.1 Å². The molecule has 1 amide bonds. The summed E-state index contributed by atoms with van der Waals surface area (Å²) in [6.45, 7) is 9.26. The van der Waals surface area contributed by atoms with Crippen molar-refractivity contribution in [3.63, 3.8) is 0 Å². The van der Waals surface area contributed by atoms with Crippen LogP contribution in [-0.2, 0) is 11.2 Å². The van der Waals surface area contributed by atoms with Gasteiger partial charge in [-0.15, -0.1) is 0 Å². The number of carbonyl (C=O) groups excluding carboxylic acids is 2. The topological polar surface area (TPSA) is 77.0 Å². The molecule has 0 fully saturated rings. The minimum atomic E-state index is -0.919. The predicted octanol–water partition coefficient (Wildman–Crippen LogP) is 5.85. The highest BCUT2D eigenvalue weighted by molar-refractivity contribution is 6.25. The highest BCUT2D eigenvalue weighted by atomic mass is 16.5. The van der Waals surface area contributed by atoms with Gasteiger partial charge in [0.25, 0.3) is 0 Å². The first-order valence-electron chi connectivity index (χ1n) is 12.1. The van der Waals surface area contributed by atoms with Crippen LogP contribution in [-0.4, -0.2) is 35.7 Å². The Morgan fingerprint density at radius 3 is 2.36 bits per heavy atom. The molecule has 2 aliphatic heterocycles. The van der Waals surface area contributed by atoms with Crippen molar-refractivity contribution in [2.75, 3.05) is 12.4 Å². The number of aliphatic imine (C=N–C) groups is 1. The van der Waals surface area contributed by atoms with Crippen molar-refractivity contribution in [1.29, 1.82) is 0 Å². The van der Waals surface area contributed by atoms with Gasteiger partial charge in [0.05, 0.1) is 12.8 Å². The number of rotatable bonds is 4. The van der Waals surface area contributed by atoms with Gasteiger partial charge in [-0.1, -0.05) is 30.3 Å². The predicted molar refractivity (Wildman–Crippen MR) is 142 cm³/mol. The number of amides is 1. The summed E-state index contributed by atoms with van der Waals surface area (Å²) in [4.78, 5) is 30.1. The van der Waals surface area contributed by atoms with Crippen LogP contribution >= 0.6 is 0 Å². The molecule has 5 rings (SSSR count). The number of Topliss-reactive ketones (excluding diaryl/α,β-unsaturated/α-hetero) is 1. The van der Waals surface area contributed by atoms with E-state index in [0.717, 1.165) is 39.2 Å². The fraction of sp³-hybridized carbons (Fsp3) is 0.300. The number of nitrogens with one attached hydrogen (secondary N) is 1. The smallest absolute Gasteiger partial charge is 0.221 e. The summed E-state index contributed by atoms with van der Waals surface area (Å²) in [5.74, 6) is 1.10. The van der Waals surface area contributed by atoms with Gasteiger partial charge in [0.2, 0.25) is 5.91 Å². The molecule has 0 saturated carbocycles. The van der Waals surface area contributed by atoms with Gasteiger partial charge in [-0.2, -0.15) is 0 Å². The van der Waals surface area contributed by atoms with Gasteiger partial charge in [0.1, 0.15) is 11.1 Å². The molecule has 3 aromatic carbocycles. The maximum absolute atomic E-state index is 13.5. The molecular weight excluding hydrogens is 452 g/mol. The fourth-order valence-corrected chi connectivity index (χ4v) is 5.06. The van der Waals surface area contributed by atoms with Gasteiger partial charge in [-0.3, -0.25) is 14.6 Å². The lowest BCUT2D eigenvalue weighted by Gasteiger charge is -2.29. The van der Waals surface area contributed by atoms with Crippen LogP contribution in [0.25, 0.3) is 11.1 Å². The number of anilines is 1. The highest BCUT2D eigenvalue weighted by Gasteiger charge is 2.43. The Morgan fingerprint density at radius 2 is 1.67 bits per heavy atom. The number of benzene rings is 3. The minimum absolute atomic E-state index is 0.0359. The Kier molecular flexibility index (Phi) is 5.51. The second-order valence-corrected chi connectivity index (χ2v) is 10.5. The SMILES string of the molecule is COc1cc2c(c3c1OC(C)(C)C3)C(c1cccc(-c3cccc(NC(C)=O)c3)c1)=NC(C)(C)C2=O. The van der Waals surface area contributed by atoms with Gasteiger partial charge in [0.15, 0.2) is 17.3 Å². The molecule has 36 heavy (non-hydrogen) atoms. The number of hydrogen-bond acceptors (Lipinski definition) is 5. The van der Waals surface area contributed by atoms with Gasteiger partial charge in [-0.25, -0.2) is 0 Å². The van der Waals surface area contributed by atoms with Crippen LogP contribution in [0.15, 0.2) is 59.6 Å². The summed E-state index contributed by atoms with van der Waals surface area (Å²) in [6.07, 6.45) is 0.646. The molecule has 0 bridgehead atoms. The quantitative estimate of drug-likeness (QED) is 0.506. The van der Waals surface area contributed by atoms with E-state index < -0.39 is 11.1 Å².